The molecule has 2 N–H and O–H groups in total. The number of rotatable bonds is 4. The highest BCUT2D eigenvalue weighted by Gasteiger charge is 2.17. The summed E-state index contributed by atoms with van der Waals surface area (Å²) in [5.74, 6) is 1.36. The van der Waals surface area contributed by atoms with Gasteiger partial charge in [-0.2, -0.15) is 5.10 Å². The largest absolute Gasteiger partial charge is 0.471 e. The number of anilines is 2. The minimum Gasteiger partial charge on any atom is -0.471 e. The number of aromatic amines is 1. The van der Waals surface area contributed by atoms with Crippen LogP contribution in [0.1, 0.15) is 12.8 Å². The van der Waals surface area contributed by atoms with Crippen LogP contribution in [0.2, 0.25) is 0 Å². The molecule has 0 radical (unpaired) electrons. The van der Waals surface area contributed by atoms with Gasteiger partial charge in [0.25, 0.3) is 0 Å². The van der Waals surface area contributed by atoms with Crippen molar-refractivity contribution in [3.63, 3.8) is 0 Å². The number of hydrogen-bond donors (Lipinski definition) is 2. The molecule has 136 valence electrons. The maximum absolute atomic E-state index is 6.09. The maximum atomic E-state index is 6.09. The Kier molecular flexibility index (Phi) is 4.06. The third-order valence-electron chi connectivity index (χ3n) is 4.71. The van der Waals surface area contributed by atoms with Crippen molar-refractivity contribution >= 4 is 33.3 Å². The monoisotopic (exact) mass is 361 g/mol. The third-order valence-corrected chi connectivity index (χ3v) is 4.71. The van der Waals surface area contributed by atoms with Gasteiger partial charge in [-0.3, -0.25) is 10.1 Å². The van der Waals surface area contributed by atoms with Crippen LogP contribution in [0.3, 0.4) is 0 Å². The third kappa shape index (κ3) is 3.17. The van der Waals surface area contributed by atoms with Crippen LogP contribution in [0, 0.1) is 0 Å². The van der Waals surface area contributed by atoms with Crippen molar-refractivity contribution in [3.05, 3.63) is 48.8 Å². The average Bonchev–Trinajstić information content (AvgIpc) is 3.12. The highest BCUT2D eigenvalue weighted by atomic mass is 16.5. The minimum absolute atomic E-state index is 0.0659. The molecule has 5 rings (SSSR count). The average molecular weight is 361 g/mol. The summed E-state index contributed by atoms with van der Waals surface area (Å²) in [6, 6.07) is 11.9. The van der Waals surface area contributed by atoms with E-state index in [2.05, 4.69) is 31.5 Å². The fourth-order valence-electron chi connectivity index (χ4n) is 3.36. The zero-order valence-corrected chi connectivity index (χ0v) is 14.7. The van der Waals surface area contributed by atoms with Gasteiger partial charge in [0.2, 0.25) is 5.88 Å². The lowest BCUT2D eigenvalue weighted by Crippen LogP contribution is -2.28. The van der Waals surface area contributed by atoms with Crippen LogP contribution in [0.4, 0.5) is 11.5 Å². The van der Waals surface area contributed by atoms with Crippen molar-refractivity contribution < 1.29 is 9.47 Å². The number of pyridine rings is 2. The lowest BCUT2D eigenvalue weighted by atomic mass is 10.1. The van der Waals surface area contributed by atoms with E-state index in [1.807, 2.05) is 30.3 Å². The summed E-state index contributed by atoms with van der Waals surface area (Å²) in [4.78, 5) is 8.80. The molecule has 7 nitrogen and oxygen atoms in total. The van der Waals surface area contributed by atoms with Crippen LogP contribution in [0.15, 0.2) is 48.8 Å². The van der Waals surface area contributed by atoms with Crippen molar-refractivity contribution in [1.29, 1.82) is 0 Å². The molecular formula is C20H19N5O2. The number of nitrogens with one attached hydrogen (secondary N) is 2. The minimum atomic E-state index is 0.0659. The van der Waals surface area contributed by atoms with E-state index >= 15 is 0 Å². The summed E-state index contributed by atoms with van der Waals surface area (Å²) in [5, 5.41) is 12.7. The van der Waals surface area contributed by atoms with E-state index < -0.39 is 0 Å². The number of aromatic nitrogens is 4. The van der Waals surface area contributed by atoms with Crippen molar-refractivity contribution in [3.8, 4) is 5.88 Å². The highest BCUT2D eigenvalue weighted by Crippen LogP contribution is 2.29. The number of ether oxygens (including phenoxy) is 2. The predicted molar refractivity (Wildman–Crippen MR) is 103 cm³/mol. The molecule has 27 heavy (non-hydrogen) atoms. The molecule has 1 atom stereocenters. The van der Waals surface area contributed by atoms with Crippen molar-refractivity contribution in [2.24, 2.45) is 0 Å². The Morgan fingerprint density at radius 3 is 3.07 bits per heavy atom. The summed E-state index contributed by atoms with van der Waals surface area (Å²) >= 11 is 0. The summed E-state index contributed by atoms with van der Waals surface area (Å²) in [6.07, 6.45) is 5.62. The van der Waals surface area contributed by atoms with Gasteiger partial charge in [0.15, 0.2) is 5.82 Å². The van der Waals surface area contributed by atoms with E-state index in [0.717, 1.165) is 46.9 Å². The van der Waals surface area contributed by atoms with Gasteiger partial charge in [-0.25, -0.2) is 4.98 Å². The lowest BCUT2D eigenvalue weighted by Gasteiger charge is -2.23. The molecule has 1 fully saturated rings. The molecule has 1 aliphatic heterocycles. The first-order chi connectivity index (χ1) is 13.4. The van der Waals surface area contributed by atoms with E-state index in [1.165, 1.54) is 0 Å². The lowest BCUT2D eigenvalue weighted by molar-refractivity contribution is 0.00623. The molecule has 0 aliphatic carbocycles. The molecule has 1 aliphatic rings. The smallest absolute Gasteiger partial charge is 0.221 e. The SMILES string of the molecule is c1cnc2c(Nc3ccc4c(O[C@H]5CCCOC5)nccc4c3)n[nH]c2c1. The highest BCUT2D eigenvalue weighted by molar-refractivity contribution is 5.92. The van der Waals surface area contributed by atoms with Crippen molar-refractivity contribution in [2.75, 3.05) is 18.5 Å². The quantitative estimate of drug-likeness (QED) is 0.575. The normalized spacial score (nSPS) is 17.3. The fraction of sp³-hybridized carbons (Fsp3) is 0.250. The van der Waals surface area contributed by atoms with Crippen LogP contribution in [-0.4, -0.2) is 39.5 Å². The van der Waals surface area contributed by atoms with Crippen molar-refractivity contribution in [1.82, 2.24) is 20.2 Å². The second-order valence-corrected chi connectivity index (χ2v) is 6.61. The summed E-state index contributed by atoms with van der Waals surface area (Å²) in [7, 11) is 0. The molecule has 0 saturated carbocycles. The molecule has 0 unspecified atom stereocenters. The standard InChI is InChI=1S/C20H19N5O2/c1-4-17-18(21-8-1)19(25-24-17)23-14-5-6-16-13(11-14)7-9-22-20(16)27-15-3-2-10-26-12-15/h1,4-9,11,15H,2-3,10,12H2,(H2,23,24,25)/t15-/m0/s1. The summed E-state index contributed by atoms with van der Waals surface area (Å²) in [5.41, 5.74) is 2.64. The van der Waals surface area contributed by atoms with E-state index in [0.29, 0.717) is 18.3 Å². The molecule has 1 aromatic carbocycles. The molecule has 0 bridgehead atoms. The van der Waals surface area contributed by atoms with E-state index in [4.69, 9.17) is 9.47 Å². The van der Waals surface area contributed by atoms with Crippen LogP contribution in [0.5, 0.6) is 5.88 Å². The number of hydrogen-bond acceptors (Lipinski definition) is 6. The van der Waals surface area contributed by atoms with Crippen LogP contribution in [-0.2, 0) is 4.74 Å². The Morgan fingerprint density at radius 1 is 1.15 bits per heavy atom. The Morgan fingerprint density at radius 2 is 2.15 bits per heavy atom. The Hall–Kier alpha value is -3.19. The molecular weight excluding hydrogens is 342 g/mol. The summed E-state index contributed by atoms with van der Waals surface area (Å²) < 4.78 is 11.6. The topological polar surface area (TPSA) is 85.0 Å². The Balaban J connectivity index is 1.43. The van der Waals surface area contributed by atoms with Crippen molar-refractivity contribution in [2.45, 2.75) is 18.9 Å². The first-order valence-corrected chi connectivity index (χ1v) is 9.06. The molecule has 4 heterocycles. The van der Waals surface area contributed by atoms with Gasteiger partial charge in [-0.15, -0.1) is 0 Å². The molecule has 1 saturated heterocycles. The van der Waals surface area contributed by atoms with E-state index in [9.17, 15) is 0 Å². The number of benzene rings is 1. The van der Waals surface area contributed by atoms with Gasteiger partial charge >= 0.3 is 0 Å². The van der Waals surface area contributed by atoms with Gasteiger partial charge in [-0.05, 0) is 54.6 Å². The first-order valence-electron chi connectivity index (χ1n) is 9.06. The van der Waals surface area contributed by atoms with E-state index in [-0.39, 0.29) is 6.10 Å². The number of H-pyrrole nitrogens is 1. The zero-order chi connectivity index (χ0) is 18.1. The Labute approximate surface area is 155 Å². The van der Waals surface area contributed by atoms with Gasteiger partial charge in [0.1, 0.15) is 11.6 Å². The molecule has 0 amide bonds. The van der Waals surface area contributed by atoms with E-state index in [1.54, 1.807) is 12.4 Å². The fourth-order valence-corrected chi connectivity index (χ4v) is 3.36. The zero-order valence-electron chi connectivity index (χ0n) is 14.7. The maximum Gasteiger partial charge on any atom is 0.221 e. The van der Waals surface area contributed by atoms with Gasteiger partial charge < -0.3 is 14.8 Å². The second kappa shape index (κ2) is 6.85. The van der Waals surface area contributed by atoms with Crippen LogP contribution < -0.4 is 10.1 Å². The number of fused-ring (bicyclic) bond motifs is 2. The van der Waals surface area contributed by atoms with Crippen LogP contribution >= 0.6 is 0 Å². The molecule has 4 aromatic rings. The molecule has 3 aromatic heterocycles. The number of nitrogens with zero attached hydrogens (tertiary/aromatic N) is 3. The molecule has 0 spiro atoms. The van der Waals surface area contributed by atoms with Gasteiger partial charge in [0, 0.05) is 30.1 Å². The van der Waals surface area contributed by atoms with Crippen LogP contribution in [0.25, 0.3) is 21.8 Å². The Bertz CT molecular complexity index is 1090. The van der Waals surface area contributed by atoms with Gasteiger partial charge in [-0.1, -0.05) is 0 Å². The second-order valence-electron chi connectivity index (χ2n) is 6.61. The first kappa shape index (κ1) is 16.0. The molecule has 7 heteroatoms. The predicted octanol–water partition coefficient (Wildman–Crippen LogP) is 3.81. The summed E-state index contributed by atoms with van der Waals surface area (Å²) in [6.45, 7) is 1.44. The van der Waals surface area contributed by atoms with Gasteiger partial charge in [0.05, 0.1) is 12.1 Å².